The first-order chi connectivity index (χ1) is 11.1. The summed E-state index contributed by atoms with van der Waals surface area (Å²) in [6.07, 6.45) is 0. The van der Waals surface area contributed by atoms with E-state index in [4.69, 9.17) is 4.74 Å². The van der Waals surface area contributed by atoms with Gasteiger partial charge in [-0.2, -0.15) is 0 Å². The molecule has 0 heterocycles. The molecule has 2 aromatic rings. The zero-order valence-electron chi connectivity index (χ0n) is 12.3. The number of para-hydroxylation sites is 1. The molecule has 6 nitrogen and oxygen atoms in total. The van der Waals surface area contributed by atoms with Crippen LogP contribution in [0.5, 0.6) is 5.75 Å². The lowest BCUT2D eigenvalue weighted by atomic mass is 10.3. The van der Waals surface area contributed by atoms with Gasteiger partial charge in [-0.1, -0.05) is 18.2 Å². The third-order valence-electron chi connectivity index (χ3n) is 2.85. The SMILES string of the molecule is O=C(CSc1ccc([N+](=O)[O-])cc1)NCCOc1ccccc1. The Morgan fingerprint density at radius 2 is 1.83 bits per heavy atom. The fourth-order valence-electron chi connectivity index (χ4n) is 1.74. The number of nitro groups is 1. The number of hydrogen-bond donors (Lipinski definition) is 1. The summed E-state index contributed by atoms with van der Waals surface area (Å²) >= 11 is 1.33. The number of non-ortho nitro benzene ring substituents is 1. The van der Waals surface area contributed by atoms with Crippen LogP contribution in [-0.2, 0) is 4.79 Å². The van der Waals surface area contributed by atoms with Crippen LogP contribution < -0.4 is 10.1 Å². The summed E-state index contributed by atoms with van der Waals surface area (Å²) in [4.78, 5) is 22.6. The average Bonchev–Trinajstić information content (AvgIpc) is 2.58. The minimum atomic E-state index is -0.451. The van der Waals surface area contributed by atoms with Gasteiger partial charge in [0, 0.05) is 17.0 Å². The second kappa shape index (κ2) is 8.79. The van der Waals surface area contributed by atoms with Crippen LogP contribution in [0.2, 0.25) is 0 Å². The van der Waals surface area contributed by atoms with Crippen LogP contribution in [0.4, 0.5) is 5.69 Å². The van der Waals surface area contributed by atoms with E-state index < -0.39 is 4.92 Å². The van der Waals surface area contributed by atoms with Crippen molar-refractivity contribution in [3.8, 4) is 5.75 Å². The van der Waals surface area contributed by atoms with E-state index in [9.17, 15) is 14.9 Å². The van der Waals surface area contributed by atoms with Crippen LogP contribution in [0.15, 0.2) is 59.5 Å². The first-order valence-electron chi connectivity index (χ1n) is 6.97. The largest absolute Gasteiger partial charge is 0.492 e. The Labute approximate surface area is 138 Å². The number of amides is 1. The number of thioether (sulfide) groups is 1. The molecule has 0 saturated carbocycles. The molecule has 1 amide bonds. The Balaban J connectivity index is 1.64. The van der Waals surface area contributed by atoms with Crippen LogP contribution in [0.3, 0.4) is 0 Å². The Kier molecular flexibility index (Phi) is 6.43. The molecule has 0 unspecified atom stereocenters. The minimum Gasteiger partial charge on any atom is -0.492 e. The van der Waals surface area contributed by atoms with E-state index in [-0.39, 0.29) is 17.3 Å². The van der Waals surface area contributed by atoms with Gasteiger partial charge in [-0.05, 0) is 24.3 Å². The molecule has 0 saturated heterocycles. The van der Waals surface area contributed by atoms with E-state index in [1.165, 1.54) is 23.9 Å². The molecule has 0 fully saturated rings. The predicted molar refractivity (Wildman–Crippen MR) is 88.8 cm³/mol. The summed E-state index contributed by atoms with van der Waals surface area (Å²) in [6.45, 7) is 0.826. The number of nitrogens with zero attached hydrogens (tertiary/aromatic N) is 1. The van der Waals surface area contributed by atoms with Gasteiger partial charge in [0.15, 0.2) is 0 Å². The normalized spacial score (nSPS) is 10.1. The highest BCUT2D eigenvalue weighted by atomic mass is 32.2. The number of nitro benzene ring substituents is 1. The lowest BCUT2D eigenvalue weighted by Crippen LogP contribution is -2.29. The first-order valence-corrected chi connectivity index (χ1v) is 7.95. The van der Waals surface area contributed by atoms with Gasteiger partial charge in [0.25, 0.3) is 5.69 Å². The summed E-state index contributed by atoms with van der Waals surface area (Å²) in [7, 11) is 0. The van der Waals surface area contributed by atoms with Gasteiger partial charge in [-0.15, -0.1) is 11.8 Å². The number of ether oxygens (including phenoxy) is 1. The number of rotatable bonds is 8. The number of nitrogens with one attached hydrogen (secondary N) is 1. The molecule has 120 valence electrons. The molecule has 0 aliphatic carbocycles. The van der Waals surface area contributed by atoms with E-state index in [0.717, 1.165) is 10.6 Å². The van der Waals surface area contributed by atoms with Gasteiger partial charge < -0.3 is 10.1 Å². The molecule has 0 radical (unpaired) electrons. The quantitative estimate of drug-likeness (QED) is 0.348. The maximum Gasteiger partial charge on any atom is 0.269 e. The maximum absolute atomic E-state index is 11.7. The molecular formula is C16H16N2O4S. The van der Waals surface area contributed by atoms with E-state index in [1.54, 1.807) is 12.1 Å². The second-order valence-corrected chi connectivity index (χ2v) is 5.60. The molecular weight excluding hydrogens is 316 g/mol. The highest BCUT2D eigenvalue weighted by molar-refractivity contribution is 8.00. The van der Waals surface area contributed by atoms with E-state index in [1.807, 2.05) is 30.3 Å². The number of hydrogen-bond acceptors (Lipinski definition) is 5. The van der Waals surface area contributed by atoms with Gasteiger partial charge in [0.1, 0.15) is 12.4 Å². The van der Waals surface area contributed by atoms with Crippen LogP contribution >= 0.6 is 11.8 Å². The van der Waals surface area contributed by atoms with Crippen molar-refractivity contribution in [1.29, 1.82) is 0 Å². The zero-order chi connectivity index (χ0) is 16.5. The van der Waals surface area contributed by atoms with E-state index in [2.05, 4.69) is 5.32 Å². The third-order valence-corrected chi connectivity index (χ3v) is 3.87. The van der Waals surface area contributed by atoms with Gasteiger partial charge in [-0.25, -0.2) is 0 Å². The second-order valence-electron chi connectivity index (χ2n) is 4.55. The molecule has 0 aromatic heterocycles. The summed E-state index contributed by atoms with van der Waals surface area (Å²) in [5.74, 6) is 0.912. The summed E-state index contributed by atoms with van der Waals surface area (Å²) in [6, 6.07) is 15.5. The third kappa shape index (κ3) is 5.99. The first kappa shape index (κ1) is 16.8. The molecule has 0 aliphatic heterocycles. The van der Waals surface area contributed by atoms with Crippen molar-refractivity contribution in [3.05, 3.63) is 64.7 Å². The number of carbonyl (C=O) groups excluding carboxylic acids is 1. The van der Waals surface area contributed by atoms with Crippen molar-refractivity contribution in [2.24, 2.45) is 0 Å². The molecule has 0 spiro atoms. The smallest absolute Gasteiger partial charge is 0.269 e. The van der Waals surface area contributed by atoms with Gasteiger partial charge in [0.05, 0.1) is 17.2 Å². The van der Waals surface area contributed by atoms with E-state index >= 15 is 0 Å². The summed E-state index contributed by atoms with van der Waals surface area (Å²) < 4.78 is 5.47. The van der Waals surface area contributed by atoms with Crippen LogP contribution in [-0.4, -0.2) is 29.7 Å². The minimum absolute atomic E-state index is 0.0388. The summed E-state index contributed by atoms with van der Waals surface area (Å²) in [5.41, 5.74) is 0.0388. The standard InChI is InChI=1S/C16H16N2O4S/c19-16(17-10-11-22-14-4-2-1-3-5-14)12-23-15-8-6-13(7-9-15)18(20)21/h1-9H,10-12H2,(H,17,19). The molecule has 0 atom stereocenters. The average molecular weight is 332 g/mol. The number of carbonyl (C=O) groups is 1. The van der Waals surface area contributed by atoms with Gasteiger partial charge >= 0.3 is 0 Å². The van der Waals surface area contributed by atoms with Crippen LogP contribution in [0.25, 0.3) is 0 Å². The van der Waals surface area contributed by atoms with Crippen molar-refractivity contribution >= 4 is 23.4 Å². The van der Waals surface area contributed by atoms with Crippen LogP contribution in [0.1, 0.15) is 0 Å². The van der Waals surface area contributed by atoms with Crippen molar-refractivity contribution in [2.75, 3.05) is 18.9 Å². The summed E-state index contributed by atoms with van der Waals surface area (Å²) in [5, 5.41) is 13.3. The number of benzene rings is 2. The maximum atomic E-state index is 11.7. The van der Waals surface area contributed by atoms with Gasteiger partial charge in [-0.3, -0.25) is 14.9 Å². The lowest BCUT2D eigenvalue weighted by molar-refractivity contribution is -0.384. The van der Waals surface area contributed by atoms with Crippen molar-refractivity contribution in [3.63, 3.8) is 0 Å². The Morgan fingerprint density at radius 3 is 2.48 bits per heavy atom. The lowest BCUT2D eigenvalue weighted by Gasteiger charge is -2.07. The molecule has 0 bridgehead atoms. The topological polar surface area (TPSA) is 81.5 Å². The van der Waals surface area contributed by atoms with Crippen molar-refractivity contribution < 1.29 is 14.5 Å². The fourth-order valence-corrected chi connectivity index (χ4v) is 2.47. The Morgan fingerprint density at radius 1 is 1.13 bits per heavy atom. The Hall–Kier alpha value is -2.54. The zero-order valence-corrected chi connectivity index (χ0v) is 13.1. The predicted octanol–water partition coefficient (Wildman–Crippen LogP) is 2.88. The fraction of sp³-hybridized carbons (Fsp3) is 0.188. The van der Waals surface area contributed by atoms with Crippen molar-refractivity contribution in [1.82, 2.24) is 5.32 Å². The monoisotopic (exact) mass is 332 g/mol. The highest BCUT2D eigenvalue weighted by Gasteiger charge is 2.06. The molecule has 2 rings (SSSR count). The van der Waals surface area contributed by atoms with E-state index in [0.29, 0.717) is 13.2 Å². The molecule has 23 heavy (non-hydrogen) atoms. The molecule has 7 heteroatoms. The Bertz CT molecular complexity index is 647. The molecule has 0 aliphatic rings. The van der Waals surface area contributed by atoms with Crippen molar-refractivity contribution in [2.45, 2.75) is 4.90 Å². The highest BCUT2D eigenvalue weighted by Crippen LogP contribution is 2.20. The van der Waals surface area contributed by atoms with Crippen LogP contribution in [0, 0.1) is 10.1 Å². The molecule has 1 N–H and O–H groups in total. The molecule has 2 aromatic carbocycles. The van der Waals surface area contributed by atoms with Gasteiger partial charge in [0.2, 0.25) is 5.91 Å².